The smallest absolute Gasteiger partial charge is 0.317 e. The molecule has 0 fully saturated rings. The van der Waals surface area contributed by atoms with Gasteiger partial charge in [-0.15, -0.1) is 0 Å². The Morgan fingerprint density at radius 1 is 1.45 bits per heavy atom. The summed E-state index contributed by atoms with van der Waals surface area (Å²) in [5.41, 5.74) is 3.48. The number of amides is 2. The third-order valence-corrected chi connectivity index (χ3v) is 3.87. The SMILES string of the molecule is CC(C)NC(=O)N1CCc2[nH]c3cc(Cl)ccc3c2C1. The summed E-state index contributed by atoms with van der Waals surface area (Å²) in [6.45, 7) is 5.34. The van der Waals surface area contributed by atoms with E-state index in [9.17, 15) is 4.79 Å². The van der Waals surface area contributed by atoms with E-state index in [0.29, 0.717) is 6.54 Å². The zero-order chi connectivity index (χ0) is 14.3. The van der Waals surface area contributed by atoms with E-state index < -0.39 is 0 Å². The molecule has 0 bridgehead atoms. The van der Waals surface area contributed by atoms with Gasteiger partial charge in [0.15, 0.2) is 0 Å². The highest BCUT2D eigenvalue weighted by Gasteiger charge is 2.24. The topological polar surface area (TPSA) is 48.1 Å². The number of hydrogen-bond acceptors (Lipinski definition) is 1. The Hall–Kier alpha value is -1.68. The summed E-state index contributed by atoms with van der Waals surface area (Å²) in [5.74, 6) is 0. The van der Waals surface area contributed by atoms with Crippen molar-refractivity contribution in [1.29, 1.82) is 0 Å². The minimum absolute atomic E-state index is 0.00830. The number of halogens is 1. The van der Waals surface area contributed by atoms with Gasteiger partial charge in [0.25, 0.3) is 0 Å². The molecule has 2 heterocycles. The van der Waals surface area contributed by atoms with E-state index in [1.807, 2.05) is 36.9 Å². The van der Waals surface area contributed by atoms with Crippen molar-refractivity contribution < 1.29 is 4.79 Å². The number of aromatic nitrogens is 1. The van der Waals surface area contributed by atoms with E-state index >= 15 is 0 Å². The molecule has 0 saturated carbocycles. The molecule has 0 saturated heterocycles. The predicted molar refractivity (Wildman–Crippen MR) is 81.1 cm³/mol. The molecule has 1 aromatic heterocycles. The van der Waals surface area contributed by atoms with Crippen LogP contribution >= 0.6 is 11.6 Å². The highest BCUT2D eigenvalue weighted by Crippen LogP contribution is 2.29. The van der Waals surface area contributed by atoms with Crippen LogP contribution in [-0.2, 0) is 13.0 Å². The number of benzene rings is 1. The maximum Gasteiger partial charge on any atom is 0.317 e. The van der Waals surface area contributed by atoms with Crippen molar-refractivity contribution in [2.45, 2.75) is 32.9 Å². The van der Waals surface area contributed by atoms with Gasteiger partial charge in [-0.3, -0.25) is 0 Å². The largest absolute Gasteiger partial charge is 0.358 e. The highest BCUT2D eigenvalue weighted by atomic mass is 35.5. The molecule has 2 amide bonds. The Labute approximate surface area is 123 Å². The second kappa shape index (κ2) is 5.02. The van der Waals surface area contributed by atoms with Crippen LogP contribution < -0.4 is 5.32 Å². The molecule has 0 unspecified atom stereocenters. The lowest BCUT2D eigenvalue weighted by Crippen LogP contribution is -2.45. The van der Waals surface area contributed by atoms with Crippen molar-refractivity contribution >= 4 is 28.5 Å². The van der Waals surface area contributed by atoms with Gasteiger partial charge in [-0.25, -0.2) is 4.79 Å². The van der Waals surface area contributed by atoms with Gasteiger partial charge in [0.1, 0.15) is 0 Å². The first-order valence-corrected chi connectivity index (χ1v) is 7.27. The van der Waals surface area contributed by atoms with E-state index in [-0.39, 0.29) is 12.1 Å². The normalized spacial score (nSPS) is 14.7. The Morgan fingerprint density at radius 3 is 3.00 bits per heavy atom. The molecule has 0 atom stereocenters. The lowest BCUT2D eigenvalue weighted by Gasteiger charge is -2.28. The third kappa shape index (κ3) is 2.36. The van der Waals surface area contributed by atoms with Crippen LogP contribution in [0.25, 0.3) is 10.9 Å². The number of hydrogen-bond donors (Lipinski definition) is 2. The van der Waals surface area contributed by atoms with E-state index in [0.717, 1.165) is 28.9 Å². The number of fused-ring (bicyclic) bond motifs is 3. The fraction of sp³-hybridized carbons (Fsp3) is 0.400. The first-order valence-electron chi connectivity index (χ1n) is 6.89. The monoisotopic (exact) mass is 291 g/mol. The summed E-state index contributed by atoms with van der Waals surface area (Å²) in [5, 5.41) is 4.83. The predicted octanol–water partition coefficient (Wildman–Crippen LogP) is 3.30. The quantitative estimate of drug-likeness (QED) is 0.832. The summed E-state index contributed by atoms with van der Waals surface area (Å²) >= 11 is 6.02. The zero-order valence-electron chi connectivity index (χ0n) is 11.7. The first kappa shape index (κ1) is 13.3. The first-order chi connectivity index (χ1) is 9.54. The number of nitrogens with one attached hydrogen (secondary N) is 2. The average molecular weight is 292 g/mol. The van der Waals surface area contributed by atoms with E-state index in [1.165, 1.54) is 11.3 Å². The molecular formula is C15H18ClN3O. The molecule has 0 spiro atoms. The molecule has 2 N–H and O–H groups in total. The van der Waals surface area contributed by atoms with Gasteiger partial charge in [-0.2, -0.15) is 0 Å². The average Bonchev–Trinajstić information content (AvgIpc) is 2.74. The minimum Gasteiger partial charge on any atom is -0.358 e. The maximum absolute atomic E-state index is 12.1. The van der Waals surface area contributed by atoms with Crippen molar-refractivity contribution in [2.24, 2.45) is 0 Å². The van der Waals surface area contributed by atoms with Crippen LogP contribution in [-0.4, -0.2) is 28.5 Å². The number of urea groups is 1. The van der Waals surface area contributed by atoms with Crippen LogP contribution in [0.3, 0.4) is 0 Å². The molecule has 1 aliphatic rings. The molecule has 106 valence electrons. The number of aromatic amines is 1. The van der Waals surface area contributed by atoms with Gasteiger partial charge >= 0.3 is 6.03 Å². The van der Waals surface area contributed by atoms with Crippen LogP contribution in [0.5, 0.6) is 0 Å². The molecular weight excluding hydrogens is 274 g/mol. The van der Waals surface area contributed by atoms with Crippen LogP contribution in [0.15, 0.2) is 18.2 Å². The summed E-state index contributed by atoms with van der Waals surface area (Å²) in [7, 11) is 0. The summed E-state index contributed by atoms with van der Waals surface area (Å²) in [6.07, 6.45) is 0.854. The molecule has 2 aromatic rings. The summed E-state index contributed by atoms with van der Waals surface area (Å²) in [6, 6.07) is 6.02. The number of H-pyrrole nitrogens is 1. The molecule has 3 rings (SSSR count). The van der Waals surface area contributed by atoms with Gasteiger partial charge in [0, 0.05) is 52.7 Å². The third-order valence-electron chi connectivity index (χ3n) is 3.64. The zero-order valence-corrected chi connectivity index (χ0v) is 12.4. The Kier molecular flexibility index (Phi) is 3.34. The fourth-order valence-corrected chi connectivity index (χ4v) is 2.88. The van der Waals surface area contributed by atoms with Crippen LogP contribution in [0.4, 0.5) is 4.79 Å². The number of rotatable bonds is 1. The van der Waals surface area contributed by atoms with Crippen molar-refractivity contribution in [3.8, 4) is 0 Å². The van der Waals surface area contributed by atoms with E-state index in [4.69, 9.17) is 11.6 Å². The number of carbonyl (C=O) groups is 1. The van der Waals surface area contributed by atoms with Crippen molar-refractivity contribution in [1.82, 2.24) is 15.2 Å². The lowest BCUT2D eigenvalue weighted by atomic mass is 10.0. The summed E-state index contributed by atoms with van der Waals surface area (Å²) in [4.78, 5) is 17.4. The molecule has 20 heavy (non-hydrogen) atoms. The molecule has 0 aliphatic carbocycles. The van der Waals surface area contributed by atoms with Crippen molar-refractivity contribution in [2.75, 3.05) is 6.54 Å². The van der Waals surface area contributed by atoms with Crippen LogP contribution in [0.1, 0.15) is 25.1 Å². The minimum atomic E-state index is 0.00830. The van der Waals surface area contributed by atoms with Gasteiger partial charge in [-0.1, -0.05) is 17.7 Å². The van der Waals surface area contributed by atoms with Gasteiger partial charge < -0.3 is 15.2 Å². The van der Waals surface area contributed by atoms with Gasteiger partial charge in [-0.05, 0) is 26.0 Å². The summed E-state index contributed by atoms with van der Waals surface area (Å²) < 4.78 is 0. The number of carbonyl (C=O) groups excluding carboxylic acids is 1. The Bertz CT molecular complexity index is 662. The number of nitrogens with zero attached hydrogens (tertiary/aromatic N) is 1. The molecule has 5 heteroatoms. The molecule has 1 aromatic carbocycles. The van der Waals surface area contributed by atoms with E-state index in [2.05, 4.69) is 10.3 Å². The van der Waals surface area contributed by atoms with Gasteiger partial charge in [0.2, 0.25) is 0 Å². The molecule has 4 nitrogen and oxygen atoms in total. The van der Waals surface area contributed by atoms with E-state index in [1.54, 1.807) is 0 Å². The van der Waals surface area contributed by atoms with Crippen molar-refractivity contribution in [3.05, 3.63) is 34.5 Å². The maximum atomic E-state index is 12.1. The van der Waals surface area contributed by atoms with Gasteiger partial charge in [0.05, 0.1) is 0 Å². The van der Waals surface area contributed by atoms with Crippen molar-refractivity contribution in [3.63, 3.8) is 0 Å². The second-order valence-corrected chi connectivity index (χ2v) is 5.98. The standard InChI is InChI=1S/C15H18ClN3O/c1-9(2)17-15(20)19-6-5-13-12(8-19)11-4-3-10(16)7-14(11)18-13/h3-4,7,9,18H,5-6,8H2,1-2H3,(H,17,20). The molecule has 0 radical (unpaired) electrons. The lowest BCUT2D eigenvalue weighted by molar-refractivity contribution is 0.190. The second-order valence-electron chi connectivity index (χ2n) is 5.55. The fourth-order valence-electron chi connectivity index (χ4n) is 2.71. The Morgan fingerprint density at radius 2 is 2.25 bits per heavy atom. The van der Waals surface area contributed by atoms with Crippen LogP contribution in [0, 0.1) is 0 Å². The molecule has 1 aliphatic heterocycles. The Balaban J connectivity index is 1.90. The highest BCUT2D eigenvalue weighted by molar-refractivity contribution is 6.31. The van der Waals surface area contributed by atoms with Crippen LogP contribution in [0.2, 0.25) is 5.02 Å².